The lowest BCUT2D eigenvalue weighted by atomic mass is 10.2. The third-order valence-electron chi connectivity index (χ3n) is 3.47. The molecule has 7 nitrogen and oxygen atoms in total. The van der Waals surface area contributed by atoms with Crippen molar-refractivity contribution in [2.75, 3.05) is 39.0 Å². The predicted octanol–water partition coefficient (Wildman–Crippen LogP) is 1.41. The van der Waals surface area contributed by atoms with E-state index in [4.69, 9.17) is 22.1 Å². The fraction of sp³-hybridized carbons (Fsp3) is 0.438. The number of ether oxygens (including phenoxy) is 1. The zero-order valence-corrected chi connectivity index (χ0v) is 14.8. The normalized spacial score (nSPS) is 10.2. The minimum Gasteiger partial charge on any atom is -0.452 e. The molecule has 0 bridgehead atoms. The van der Waals surface area contributed by atoms with Crippen molar-refractivity contribution in [2.24, 2.45) is 0 Å². The summed E-state index contributed by atoms with van der Waals surface area (Å²) < 4.78 is 4.95. The zero-order valence-electron chi connectivity index (χ0n) is 14.0. The van der Waals surface area contributed by atoms with Crippen molar-refractivity contribution in [1.29, 1.82) is 0 Å². The van der Waals surface area contributed by atoms with Gasteiger partial charge < -0.3 is 20.3 Å². The van der Waals surface area contributed by atoms with Crippen LogP contribution < -0.4 is 5.73 Å². The predicted molar refractivity (Wildman–Crippen MR) is 91.7 cm³/mol. The molecule has 0 aliphatic rings. The Bertz CT molecular complexity index is 617. The third-order valence-corrected chi connectivity index (χ3v) is 3.82. The molecule has 0 radical (unpaired) electrons. The number of rotatable bonds is 7. The minimum absolute atomic E-state index is 0.0635. The van der Waals surface area contributed by atoms with E-state index < -0.39 is 18.5 Å². The molecule has 2 N–H and O–H groups in total. The van der Waals surface area contributed by atoms with Crippen molar-refractivity contribution in [1.82, 2.24) is 9.80 Å². The molecule has 0 aromatic heterocycles. The first-order chi connectivity index (χ1) is 11.3. The van der Waals surface area contributed by atoms with Crippen LogP contribution in [0.25, 0.3) is 0 Å². The number of likely N-dealkylation sites (N-methyl/N-ethyl adjacent to an activating group) is 2. The van der Waals surface area contributed by atoms with Gasteiger partial charge in [0, 0.05) is 20.1 Å². The molecular formula is C16H22ClN3O4. The van der Waals surface area contributed by atoms with Crippen LogP contribution in [0.2, 0.25) is 5.02 Å². The number of nitrogens with zero attached hydrogens (tertiary/aromatic N) is 2. The second-order valence-electron chi connectivity index (χ2n) is 5.13. The van der Waals surface area contributed by atoms with Gasteiger partial charge in [-0.1, -0.05) is 11.6 Å². The molecule has 1 rings (SSSR count). The molecule has 8 heteroatoms. The maximum atomic E-state index is 12.0. The summed E-state index contributed by atoms with van der Waals surface area (Å²) in [6.45, 7) is 4.36. The van der Waals surface area contributed by atoms with Crippen molar-refractivity contribution in [2.45, 2.75) is 13.8 Å². The average Bonchev–Trinajstić information content (AvgIpc) is 2.55. The molecule has 1 aromatic rings. The van der Waals surface area contributed by atoms with Gasteiger partial charge in [-0.3, -0.25) is 9.59 Å². The Hall–Kier alpha value is -2.28. The highest BCUT2D eigenvalue weighted by Crippen LogP contribution is 2.19. The number of anilines is 1. The lowest BCUT2D eigenvalue weighted by Crippen LogP contribution is -2.42. The summed E-state index contributed by atoms with van der Waals surface area (Å²) in [7, 11) is 1.48. The lowest BCUT2D eigenvalue weighted by molar-refractivity contribution is -0.140. The van der Waals surface area contributed by atoms with Gasteiger partial charge in [0.25, 0.3) is 5.91 Å². The van der Waals surface area contributed by atoms with Gasteiger partial charge in [-0.05, 0) is 32.0 Å². The first-order valence-corrected chi connectivity index (χ1v) is 7.91. The molecule has 0 heterocycles. The van der Waals surface area contributed by atoms with E-state index in [1.54, 1.807) is 4.90 Å². The van der Waals surface area contributed by atoms with Crippen molar-refractivity contribution >= 4 is 35.1 Å². The Balaban J connectivity index is 2.54. The highest BCUT2D eigenvalue weighted by Gasteiger charge is 2.18. The van der Waals surface area contributed by atoms with Crippen LogP contribution in [0, 0.1) is 0 Å². The second-order valence-corrected chi connectivity index (χ2v) is 5.54. The quantitative estimate of drug-likeness (QED) is 0.589. The van der Waals surface area contributed by atoms with Gasteiger partial charge in [0.1, 0.15) is 0 Å². The van der Waals surface area contributed by atoms with Crippen LogP contribution in [0.5, 0.6) is 0 Å². The van der Waals surface area contributed by atoms with Gasteiger partial charge in [-0.15, -0.1) is 0 Å². The summed E-state index contributed by atoms with van der Waals surface area (Å²) in [5.74, 6) is -1.31. The van der Waals surface area contributed by atoms with Crippen molar-refractivity contribution < 1.29 is 19.1 Å². The number of carbonyl (C=O) groups excluding carboxylic acids is 3. The first-order valence-electron chi connectivity index (χ1n) is 7.54. The molecule has 2 amide bonds. The molecule has 0 saturated carbocycles. The Morgan fingerprint density at radius 2 is 1.79 bits per heavy atom. The monoisotopic (exact) mass is 355 g/mol. The number of hydrogen-bond acceptors (Lipinski definition) is 5. The molecule has 0 aliphatic heterocycles. The van der Waals surface area contributed by atoms with Crippen LogP contribution >= 0.6 is 11.6 Å². The molecule has 0 saturated heterocycles. The van der Waals surface area contributed by atoms with Gasteiger partial charge >= 0.3 is 5.97 Å². The van der Waals surface area contributed by atoms with Crippen LogP contribution in [0.3, 0.4) is 0 Å². The Morgan fingerprint density at radius 1 is 1.17 bits per heavy atom. The van der Waals surface area contributed by atoms with E-state index in [2.05, 4.69) is 0 Å². The van der Waals surface area contributed by atoms with E-state index in [9.17, 15) is 14.4 Å². The van der Waals surface area contributed by atoms with E-state index in [1.807, 2.05) is 13.8 Å². The summed E-state index contributed by atoms with van der Waals surface area (Å²) in [5.41, 5.74) is 6.07. The number of halogens is 1. The summed E-state index contributed by atoms with van der Waals surface area (Å²) in [6, 6.07) is 4.31. The molecule has 0 unspecified atom stereocenters. The molecular weight excluding hydrogens is 334 g/mol. The number of nitrogens with two attached hydrogens (primary N) is 1. The zero-order chi connectivity index (χ0) is 18.3. The highest BCUT2D eigenvalue weighted by molar-refractivity contribution is 6.33. The van der Waals surface area contributed by atoms with Crippen LogP contribution in [0.4, 0.5) is 5.69 Å². The molecule has 0 aliphatic carbocycles. The minimum atomic E-state index is -0.685. The SMILES string of the molecule is CCN(CC)C(=O)CN(C)C(=O)COC(=O)c1ccc(Cl)c(N)c1. The summed E-state index contributed by atoms with van der Waals surface area (Å²) >= 11 is 5.78. The van der Waals surface area contributed by atoms with Crippen molar-refractivity contribution in [3.8, 4) is 0 Å². The molecule has 24 heavy (non-hydrogen) atoms. The fourth-order valence-electron chi connectivity index (χ4n) is 1.96. The van der Waals surface area contributed by atoms with E-state index >= 15 is 0 Å². The first kappa shape index (κ1) is 19.8. The van der Waals surface area contributed by atoms with Crippen LogP contribution in [0.1, 0.15) is 24.2 Å². The van der Waals surface area contributed by atoms with Crippen LogP contribution in [-0.4, -0.2) is 60.9 Å². The van der Waals surface area contributed by atoms with Gasteiger partial charge in [0.15, 0.2) is 6.61 Å². The van der Waals surface area contributed by atoms with Crippen molar-refractivity contribution in [3.05, 3.63) is 28.8 Å². The van der Waals surface area contributed by atoms with E-state index in [0.29, 0.717) is 18.1 Å². The smallest absolute Gasteiger partial charge is 0.338 e. The molecule has 0 atom stereocenters. The Morgan fingerprint density at radius 3 is 2.33 bits per heavy atom. The van der Waals surface area contributed by atoms with Gasteiger partial charge in [-0.2, -0.15) is 0 Å². The maximum absolute atomic E-state index is 12.0. The third kappa shape index (κ3) is 5.42. The van der Waals surface area contributed by atoms with E-state index in [0.717, 1.165) is 0 Å². The molecule has 132 valence electrons. The second kappa shape index (κ2) is 9.12. The highest BCUT2D eigenvalue weighted by atomic mass is 35.5. The average molecular weight is 356 g/mol. The lowest BCUT2D eigenvalue weighted by Gasteiger charge is -2.23. The maximum Gasteiger partial charge on any atom is 0.338 e. The largest absolute Gasteiger partial charge is 0.452 e. The van der Waals surface area contributed by atoms with Crippen molar-refractivity contribution in [3.63, 3.8) is 0 Å². The summed E-state index contributed by atoms with van der Waals surface area (Å²) in [6.07, 6.45) is 0. The summed E-state index contributed by atoms with van der Waals surface area (Å²) in [4.78, 5) is 38.6. The topological polar surface area (TPSA) is 92.9 Å². The van der Waals surface area contributed by atoms with Crippen LogP contribution in [0.15, 0.2) is 18.2 Å². The number of esters is 1. The fourth-order valence-corrected chi connectivity index (χ4v) is 2.08. The number of benzene rings is 1. The number of carbonyl (C=O) groups is 3. The number of nitrogen functional groups attached to an aromatic ring is 1. The van der Waals surface area contributed by atoms with Gasteiger partial charge in [-0.25, -0.2) is 4.79 Å². The van der Waals surface area contributed by atoms with Gasteiger partial charge in [0.2, 0.25) is 5.91 Å². The summed E-state index contributed by atoms with van der Waals surface area (Å²) in [5, 5.41) is 0.331. The Kier molecular flexibility index (Phi) is 7.51. The Labute approximate surface area is 146 Å². The number of amides is 2. The standard InChI is InChI=1S/C16H22ClN3O4/c1-4-20(5-2)14(21)9-19(3)15(22)10-24-16(23)11-6-7-12(17)13(18)8-11/h6-8H,4-5,9-10,18H2,1-3H3. The molecule has 0 fully saturated rings. The van der Waals surface area contributed by atoms with E-state index in [1.165, 1.54) is 30.1 Å². The number of hydrogen-bond donors (Lipinski definition) is 1. The van der Waals surface area contributed by atoms with Gasteiger partial charge in [0.05, 0.1) is 22.8 Å². The molecule has 0 spiro atoms. The molecule has 1 aromatic carbocycles. The van der Waals surface area contributed by atoms with E-state index in [-0.39, 0.29) is 23.7 Å². The van der Waals surface area contributed by atoms with Crippen LogP contribution in [-0.2, 0) is 14.3 Å².